The van der Waals surface area contributed by atoms with Crippen LogP contribution in [0.2, 0.25) is 0 Å². The molecule has 2 aromatic rings. The number of hydrogen-bond donors (Lipinski definition) is 1. The number of hydrogen-bond acceptors (Lipinski definition) is 2. The van der Waals surface area contributed by atoms with Crippen LogP contribution in [-0.4, -0.2) is 15.7 Å². The van der Waals surface area contributed by atoms with Crippen LogP contribution in [0, 0.1) is 0 Å². The van der Waals surface area contributed by atoms with Crippen LogP contribution >= 0.6 is 0 Å². The van der Waals surface area contributed by atoms with E-state index in [1.165, 1.54) is 0 Å². The predicted octanol–water partition coefficient (Wildman–Crippen LogP) is 1.16. The van der Waals surface area contributed by atoms with Gasteiger partial charge in [-0.15, -0.1) is 0 Å². The van der Waals surface area contributed by atoms with Gasteiger partial charge in [0, 0.05) is 18.1 Å². The minimum absolute atomic E-state index is 0.433. The molecular formula is C10H11N3O. The third-order valence-corrected chi connectivity index (χ3v) is 2.17. The van der Waals surface area contributed by atoms with E-state index in [4.69, 9.17) is 5.73 Å². The van der Waals surface area contributed by atoms with Crippen molar-refractivity contribution in [2.24, 2.45) is 5.73 Å². The number of benzene rings is 1. The maximum absolute atomic E-state index is 11.1. The van der Waals surface area contributed by atoms with E-state index in [1.54, 1.807) is 10.7 Å². The Labute approximate surface area is 81.3 Å². The van der Waals surface area contributed by atoms with Gasteiger partial charge in [0.25, 0.3) is 5.91 Å². The monoisotopic (exact) mass is 189 g/mol. The number of aryl methyl sites for hydroxylation is 1. The molecule has 72 valence electrons. The summed E-state index contributed by atoms with van der Waals surface area (Å²) in [6.07, 6.45) is 1.90. The Kier molecular flexibility index (Phi) is 1.96. The number of rotatable bonds is 2. The van der Waals surface area contributed by atoms with Crippen molar-refractivity contribution in [3.8, 4) is 0 Å². The predicted molar refractivity (Wildman–Crippen MR) is 53.9 cm³/mol. The SMILES string of the molecule is CCn1cc2cccc(C(N)=O)c2n1. The fraction of sp³-hybridized carbons (Fsp3) is 0.200. The lowest BCUT2D eigenvalue weighted by atomic mass is 10.1. The third kappa shape index (κ3) is 1.25. The Balaban J connectivity index is 2.73. The molecule has 0 aliphatic carbocycles. The molecule has 4 heteroatoms. The molecule has 0 saturated carbocycles. The van der Waals surface area contributed by atoms with Crippen LogP contribution < -0.4 is 5.73 Å². The molecule has 0 radical (unpaired) electrons. The summed E-state index contributed by atoms with van der Waals surface area (Å²) in [4.78, 5) is 11.1. The lowest BCUT2D eigenvalue weighted by Gasteiger charge is -1.94. The Hall–Kier alpha value is -1.84. The number of amides is 1. The van der Waals surface area contributed by atoms with Gasteiger partial charge in [0.2, 0.25) is 0 Å². The van der Waals surface area contributed by atoms with Gasteiger partial charge >= 0.3 is 0 Å². The molecule has 0 aliphatic heterocycles. The second kappa shape index (κ2) is 3.14. The maximum Gasteiger partial charge on any atom is 0.250 e. The molecule has 2 N–H and O–H groups in total. The first kappa shape index (κ1) is 8.74. The molecule has 4 nitrogen and oxygen atoms in total. The average Bonchev–Trinajstić information content (AvgIpc) is 2.59. The molecule has 1 aromatic carbocycles. The smallest absolute Gasteiger partial charge is 0.250 e. The standard InChI is InChI=1S/C10H11N3O/c1-2-13-6-7-4-3-5-8(10(11)14)9(7)12-13/h3-6H,2H2,1H3,(H2,11,14). The first-order valence-corrected chi connectivity index (χ1v) is 4.48. The fourth-order valence-electron chi connectivity index (χ4n) is 1.46. The molecule has 0 bridgehead atoms. The number of aromatic nitrogens is 2. The molecule has 0 fully saturated rings. The van der Waals surface area contributed by atoms with Crippen LogP contribution in [-0.2, 0) is 6.54 Å². The van der Waals surface area contributed by atoms with Crippen LogP contribution in [0.5, 0.6) is 0 Å². The summed E-state index contributed by atoms with van der Waals surface area (Å²) >= 11 is 0. The quantitative estimate of drug-likeness (QED) is 0.770. The Morgan fingerprint density at radius 3 is 3.00 bits per heavy atom. The van der Waals surface area contributed by atoms with Gasteiger partial charge in [-0.1, -0.05) is 12.1 Å². The van der Waals surface area contributed by atoms with Crippen molar-refractivity contribution in [1.29, 1.82) is 0 Å². The number of nitrogens with zero attached hydrogens (tertiary/aromatic N) is 2. The van der Waals surface area contributed by atoms with E-state index in [0.717, 1.165) is 11.9 Å². The van der Waals surface area contributed by atoms with Gasteiger partial charge in [-0.2, -0.15) is 5.10 Å². The third-order valence-electron chi connectivity index (χ3n) is 2.17. The van der Waals surface area contributed by atoms with E-state index in [2.05, 4.69) is 5.10 Å². The summed E-state index contributed by atoms with van der Waals surface area (Å²) in [6, 6.07) is 5.42. The first-order chi connectivity index (χ1) is 6.72. The van der Waals surface area contributed by atoms with Gasteiger partial charge in [0.1, 0.15) is 5.52 Å². The largest absolute Gasteiger partial charge is 0.366 e. The number of fused-ring (bicyclic) bond motifs is 1. The van der Waals surface area contributed by atoms with Crippen molar-refractivity contribution in [3.63, 3.8) is 0 Å². The van der Waals surface area contributed by atoms with E-state index in [1.807, 2.05) is 25.3 Å². The minimum Gasteiger partial charge on any atom is -0.366 e. The van der Waals surface area contributed by atoms with Gasteiger partial charge in [0.15, 0.2) is 0 Å². The zero-order valence-electron chi connectivity index (χ0n) is 7.90. The number of carbonyl (C=O) groups excluding carboxylic acids is 1. The van der Waals surface area contributed by atoms with Gasteiger partial charge in [-0.3, -0.25) is 9.48 Å². The summed E-state index contributed by atoms with van der Waals surface area (Å²) in [5.74, 6) is -0.433. The summed E-state index contributed by atoms with van der Waals surface area (Å²) in [5.41, 5.74) is 6.41. The van der Waals surface area contributed by atoms with E-state index < -0.39 is 5.91 Å². The topological polar surface area (TPSA) is 60.9 Å². The second-order valence-electron chi connectivity index (χ2n) is 3.09. The van der Waals surface area contributed by atoms with Crippen LogP contribution in [0.3, 0.4) is 0 Å². The van der Waals surface area contributed by atoms with Crippen molar-refractivity contribution in [2.75, 3.05) is 0 Å². The first-order valence-electron chi connectivity index (χ1n) is 4.48. The van der Waals surface area contributed by atoms with E-state index in [0.29, 0.717) is 11.1 Å². The average molecular weight is 189 g/mol. The molecule has 0 spiro atoms. The zero-order valence-corrected chi connectivity index (χ0v) is 7.90. The zero-order chi connectivity index (χ0) is 10.1. The van der Waals surface area contributed by atoms with Crippen LogP contribution in [0.4, 0.5) is 0 Å². The van der Waals surface area contributed by atoms with Gasteiger partial charge < -0.3 is 5.73 Å². The van der Waals surface area contributed by atoms with Crippen LogP contribution in [0.1, 0.15) is 17.3 Å². The minimum atomic E-state index is -0.433. The van der Waals surface area contributed by atoms with Gasteiger partial charge in [-0.25, -0.2) is 0 Å². The molecule has 1 aromatic heterocycles. The van der Waals surface area contributed by atoms with E-state index in [9.17, 15) is 4.79 Å². The molecule has 2 rings (SSSR count). The van der Waals surface area contributed by atoms with Gasteiger partial charge in [-0.05, 0) is 13.0 Å². The lowest BCUT2D eigenvalue weighted by Crippen LogP contribution is -2.11. The summed E-state index contributed by atoms with van der Waals surface area (Å²) in [5, 5.41) is 5.22. The number of carbonyl (C=O) groups is 1. The highest BCUT2D eigenvalue weighted by Gasteiger charge is 2.08. The highest BCUT2D eigenvalue weighted by Crippen LogP contribution is 2.16. The highest BCUT2D eigenvalue weighted by molar-refractivity contribution is 6.04. The molecule has 0 saturated heterocycles. The fourth-order valence-corrected chi connectivity index (χ4v) is 1.46. The normalized spacial score (nSPS) is 10.6. The number of nitrogens with two attached hydrogens (primary N) is 1. The summed E-state index contributed by atoms with van der Waals surface area (Å²) in [7, 11) is 0. The molecule has 1 amide bonds. The Bertz CT molecular complexity index is 487. The summed E-state index contributed by atoms with van der Waals surface area (Å²) in [6.45, 7) is 2.78. The molecule has 0 aliphatic rings. The van der Waals surface area contributed by atoms with Crippen molar-refractivity contribution in [1.82, 2.24) is 9.78 Å². The maximum atomic E-state index is 11.1. The highest BCUT2D eigenvalue weighted by atomic mass is 16.1. The Morgan fingerprint density at radius 1 is 1.57 bits per heavy atom. The second-order valence-corrected chi connectivity index (χ2v) is 3.09. The van der Waals surface area contributed by atoms with Crippen molar-refractivity contribution in [2.45, 2.75) is 13.5 Å². The van der Waals surface area contributed by atoms with Crippen LogP contribution in [0.15, 0.2) is 24.4 Å². The Morgan fingerprint density at radius 2 is 2.36 bits per heavy atom. The van der Waals surface area contributed by atoms with Crippen LogP contribution in [0.25, 0.3) is 10.9 Å². The van der Waals surface area contributed by atoms with E-state index >= 15 is 0 Å². The lowest BCUT2D eigenvalue weighted by molar-refractivity contribution is 0.100. The molecule has 14 heavy (non-hydrogen) atoms. The molecule has 1 heterocycles. The van der Waals surface area contributed by atoms with Crippen molar-refractivity contribution >= 4 is 16.8 Å². The molecular weight excluding hydrogens is 178 g/mol. The molecule has 0 unspecified atom stereocenters. The van der Waals surface area contributed by atoms with Gasteiger partial charge in [0.05, 0.1) is 5.56 Å². The molecule has 0 atom stereocenters. The van der Waals surface area contributed by atoms with Crippen molar-refractivity contribution < 1.29 is 4.79 Å². The number of primary amides is 1. The van der Waals surface area contributed by atoms with Crippen molar-refractivity contribution in [3.05, 3.63) is 30.0 Å². The summed E-state index contributed by atoms with van der Waals surface area (Å²) < 4.78 is 1.79. The van der Waals surface area contributed by atoms with E-state index in [-0.39, 0.29) is 0 Å².